The van der Waals surface area contributed by atoms with Gasteiger partial charge in [0, 0.05) is 11.6 Å². The van der Waals surface area contributed by atoms with Crippen LogP contribution in [0.5, 0.6) is 0 Å². The van der Waals surface area contributed by atoms with Gasteiger partial charge in [0.25, 0.3) is 0 Å². The third-order valence-electron chi connectivity index (χ3n) is 1.82. The zero-order valence-electron chi connectivity index (χ0n) is 7.69. The number of hydrogen-bond donors (Lipinski definition) is 0. The van der Waals surface area contributed by atoms with Crippen LogP contribution >= 0.6 is 11.3 Å². The Balaban J connectivity index is 2.47. The minimum Gasteiger partial charge on any atom is -0.462 e. The molecule has 72 valence electrons. The number of thiophene rings is 1. The van der Waals surface area contributed by atoms with E-state index in [1.165, 1.54) is 11.3 Å². The van der Waals surface area contributed by atoms with Gasteiger partial charge < -0.3 is 4.74 Å². The summed E-state index contributed by atoms with van der Waals surface area (Å²) in [6, 6.07) is 3.80. The van der Waals surface area contributed by atoms with Crippen LogP contribution in [-0.4, -0.2) is 17.6 Å². The van der Waals surface area contributed by atoms with Crippen LogP contribution in [0.4, 0.5) is 0 Å². The first-order valence-corrected chi connectivity index (χ1v) is 5.20. The number of rotatable bonds is 2. The molecule has 0 saturated heterocycles. The summed E-state index contributed by atoms with van der Waals surface area (Å²) in [6.07, 6.45) is 1.68. The molecule has 2 aromatic rings. The Morgan fingerprint density at radius 1 is 1.64 bits per heavy atom. The highest BCUT2D eigenvalue weighted by Crippen LogP contribution is 2.23. The normalized spacial score (nSPS) is 10.4. The van der Waals surface area contributed by atoms with Gasteiger partial charge in [0.2, 0.25) is 0 Å². The molecule has 0 bridgehead atoms. The molecule has 2 aromatic heterocycles. The lowest BCUT2D eigenvalue weighted by Crippen LogP contribution is -2.03. The number of fused-ring (bicyclic) bond motifs is 1. The molecule has 0 aliphatic rings. The van der Waals surface area contributed by atoms with E-state index in [0.717, 1.165) is 10.2 Å². The van der Waals surface area contributed by atoms with Crippen molar-refractivity contribution >= 4 is 27.5 Å². The van der Waals surface area contributed by atoms with Gasteiger partial charge in [-0.3, -0.25) is 4.98 Å². The van der Waals surface area contributed by atoms with Crippen LogP contribution in [0.1, 0.15) is 17.3 Å². The average Bonchev–Trinajstić information content (AvgIpc) is 2.61. The smallest absolute Gasteiger partial charge is 0.341 e. The fourth-order valence-electron chi connectivity index (χ4n) is 1.22. The van der Waals surface area contributed by atoms with Crippen LogP contribution in [0.3, 0.4) is 0 Å². The van der Waals surface area contributed by atoms with E-state index in [4.69, 9.17) is 4.74 Å². The standard InChI is InChI=1S/C10H9NO2S/c1-2-13-10(12)7-6-14-8-4-3-5-11-9(7)8/h3-6H,2H2,1H3. The number of carbonyl (C=O) groups is 1. The molecule has 0 saturated carbocycles. The Kier molecular flexibility index (Phi) is 2.45. The first-order chi connectivity index (χ1) is 6.83. The highest BCUT2D eigenvalue weighted by atomic mass is 32.1. The Morgan fingerprint density at radius 3 is 3.29 bits per heavy atom. The lowest BCUT2D eigenvalue weighted by atomic mass is 10.3. The summed E-state index contributed by atoms with van der Waals surface area (Å²) in [7, 11) is 0. The van der Waals surface area contributed by atoms with Crippen molar-refractivity contribution in [2.45, 2.75) is 6.92 Å². The van der Waals surface area contributed by atoms with Gasteiger partial charge in [-0.15, -0.1) is 11.3 Å². The quantitative estimate of drug-likeness (QED) is 0.710. The third kappa shape index (κ3) is 1.48. The van der Waals surface area contributed by atoms with E-state index >= 15 is 0 Å². The largest absolute Gasteiger partial charge is 0.462 e. The molecule has 0 spiro atoms. The number of ether oxygens (including phenoxy) is 1. The summed E-state index contributed by atoms with van der Waals surface area (Å²) in [5, 5.41) is 1.79. The molecule has 0 atom stereocenters. The van der Waals surface area contributed by atoms with E-state index in [9.17, 15) is 4.79 Å². The lowest BCUT2D eigenvalue weighted by molar-refractivity contribution is 0.0529. The van der Waals surface area contributed by atoms with Crippen LogP contribution in [0.15, 0.2) is 23.7 Å². The fourth-order valence-corrected chi connectivity index (χ4v) is 2.10. The molecule has 0 N–H and O–H groups in total. The van der Waals surface area contributed by atoms with E-state index < -0.39 is 0 Å². The van der Waals surface area contributed by atoms with Crippen molar-refractivity contribution in [1.29, 1.82) is 0 Å². The van der Waals surface area contributed by atoms with Crippen LogP contribution in [0.25, 0.3) is 10.2 Å². The molecule has 0 amide bonds. The fraction of sp³-hybridized carbons (Fsp3) is 0.200. The Bertz CT molecular complexity index is 464. The van der Waals surface area contributed by atoms with E-state index in [2.05, 4.69) is 4.98 Å². The van der Waals surface area contributed by atoms with Crippen molar-refractivity contribution in [1.82, 2.24) is 4.98 Å². The van der Waals surface area contributed by atoms with Crippen molar-refractivity contribution in [2.75, 3.05) is 6.61 Å². The Morgan fingerprint density at radius 2 is 2.50 bits per heavy atom. The van der Waals surface area contributed by atoms with Crippen LogP contribution in [0.2, 0.25) is 0 Å². The molecule has 0 aliphatic heterocycles. The van der Waals surface area contributed by atoms with Gasteiger partial charge in [-0.25, -0.2) is 4.79 Å². The second kappa shape index (κ2) is 3.75. The summed E-state index contributed by atoms with van der Waals surface area (Å²) in [5.74, 6) is -0.294. The van der Waals surface area contributed by atoms with Gasteiger partial charge in [-0.1, -0.05) is 0 Å². The monoisotopic (exact) mass is 207 g/mol. The lowest BCUT2D eigenvalue weighted by Gasteiger charge is -1.98. The molecule has 0 unspecified atom stereocenters. The predicted octanol–water partition coefficient (Wildman–Crippen LogP) is 2.47. The van der Waals surface area contributed by atoms with Crippen molar-refractivity contribution in [3.63, 3.8) is 0 Å². The Hall–Kier alpha value is -1.42. The minimum atomic E-state index is -0.294. The van der Waals surface area contributed by atoms with Crippen LogP contribution in [0, 0.1) is 0 Å². The number of pyridine rings is 1. The van der Waals surface area contributed by atoms with Crippen LogP contribution in [-0.2, 0) is 4.74 Å². The second-order valence-corrected chi connectivity index (χ2v) is 3.63. The first-order valence-electron chi connectivity index (χ1n) is 4.32. The molecule has 3 nitrogen and oxygen atoms in total. The number of hydrogen-bond acceptors (Lipinski definition) is 4. The van der Waals surface area contributed by atoms with Crippen molar-refractivity contribution < 1.29 is 9.53 Å². The molecule has 2 rings (SSSR count). The van der Waals surface area contributed by atoms with Gasteiger partial charge in [-0.2, -0.15) is 0 Å². The number of nitrogens with zero attached hydrogens (tertiary/aromatic N) is 1. The SMILES string of the molecule is CCOC(=O)c1csc2cccnc12. The molecule has 2 heterocycles. The van der Waals surface area contributed by atoms with Crippen molar-refractivity contribution in [3.8, 4) is 0 Å². The summed E-state index contributed by atoms with van der Waals surface area (Å²) >= 11 is 1.50. The van der Waals surface area contributed by atoms with E-state index in [0.29, 0.717) is 12.2 Å². The molecule has 0 aliphatic carbocycles. The van der Waals surface area contributed by atoms with Gasteiger partial charge in [0.05, 0.1) is 22.4 Å². The molecular weight excluding hydrogens is 198 g/mol. The first kappa shape index (κ1) is 9.15. The summed E-state index contributed by atoms with van der Waals surface area (Å²) in [4.78, 5) is 15.6. The zero-order valence-corrected chi connectivity index (χ0v) is 8.50. The maximum atomic E-state index is 11.5. The van der Waals surface area contributed by atoms with E-state index in [1.807, 2.05) is 12.1 Å². The summed E-state index contributed by atoms with van der Waals surface area (Å²) in [6.45, 7) is 2.18. The molecular formula is C10H9NO2S. The second-order valence-electron chi connectivity index (χ2n) is 2.72. The highest BCUT2D eigenvalue weighted by Gasteiger charge is 2.13. The molecule has 0 fully saturated rings. The maximum Gasteiger partial charge on any atom is 0.341 e. The number of esters is 1. The number of carbonyl (C=O) groups excluding carboxylic acids is 1. The van der Waals surface area contributed by atoms with E-state index in [1.54, 1.807) is 18.5 Å². The van der Waals surface area contributed by atoms with Gasteiger partial charge in [0.1, 0.15) is 0 Å². The van der Waals surface area contributed by atoms with Crippen LogP contribution < -0.4 is 0 Å². The maximum absolute atomic E-state index is 11.5. The number of aromatic nitrogens is 1. The van der Waals surface area contributed by atoms with Crippen molar-refractivity contribution in [2.24, 2.45) is 0 Å². The van der Waals surface area contributed by atoms with Crippen molar-refractivity contribution in [3.05, 3.63) is 29.3 Å². The molecule has 4 heteroatoms. The van der Waals surface area contributed by atoms with Gasteiger partial charge >= 0.3 is 5.97 Å². The summed E-state index contributed by atoms with van der Waals surface area (Å²) in [5.41, 5.74) is 1.29. The van der Waals surface area contributed by atoms with E-state index in [-0.39, 0.29) is 5.97 Å². The predicted molar refractivity (Wildman–Crippen MR) is 55.6 cm³/mol. The molecule has 14 heavy (non-hydrogen) atoms. The van der Waals surface area contributed by atoms with Gasteiger partial charge in [-0.05, 0) is 19.1 Å². The third-order valence-corrected chi connectivity index (χ3v) is 2.76. The summed E-state index contributed by atoms with van der Waals surface area (Å²) < 4.78 is 5.93. The average molecular weight is 207 g/mol. The highest BCUT2D eigenvalue weighted by molar-refractivity contribution is 7.17. The molecule has 0 aromatic carbocycles. The topological polar surface area (TPSA) is 39.2 Å². The van der Waals surface area contributed by atoms with Gasteiger partial charge in [0.15, 0.2) is 0 Å². The molecule has 0 radical (unpaired) electrons. The zero-order chi connectivity index (χ0) is 9.97. The Labute approximate surface area is 85.3 Å². The minimum absolute atomic E-state index is 0.294.